The SMILES string of the molecule is COc1ccc(CN(CC(=O)Nc2ccccc2)S(=O)(=O)c2ccc(S(=O)(=O)N[C@H]3CCCC[C@@H]3C)cc2)cc1. The van der Waals surface area contributed by atoms with Crippen molar-refractivity contribution in [2.24, 2.45) is 5.92 Å². The molecule has 2 N–H and O–H groups in total. The molecular weight excluding hydrogens is 550 g/mol. The normalized spacial score (nSPS) is 17.9. The second kappa shape index (κ2) is 12.9. The number of methoxy groups -OCH3 is 1. The molecule has 40 heavy (non-hydrogen) atoms. The van der Waals surface area contributed by atoms with Gasteiger partial charge in [0.2, 0.25) is 26.0 Å². The highest BCUT2D eigenvalue weighted by Crippen LogP contribution is 2.26. The molecule has 3 aromatic rings. The van der Waals surface area contributed by atoms with Gasteiger partial charge in [0.05, 0.1) is 23.4 Å². The molecule has 1 aliphatic rings. The van der Waals surface area contributed by atoms with E-state index in [2.05, 4.69) is 10.0 Å². The van der Waals surface area contributed by atoms with Gasteiger partial charge in [-0.05, 0) is 72.9 Å². The van der Waals surface area contributed by atoms with Crippen LogP contribution in [0.4, 0.5) is 5.69 Å². The zero-order valence-electron chi connectivity index (χ0n) is 22.6. The quantitative estimate of drug-likeness (QED) is 0.344. The number of carbonyl (C=O) groups is 1. The standard InChI is InChI=1S/C29H35N3O6S2/c1-22-8-6-7-11-28(22)31-39(34,35)26-16-18-27(19-17-26)40(36,37)32(20-23-12-14-25(38-2)15-13-23)21-29(33)30-24-9-4-3-5-10-24/h3-5,9-10,12-19,22,28,31H,6-8,11,20-21H2,1-2H3,(H,30,33)/t22-,28-/m0/s1. The zero-order chi connectivity index (χ0) is 28.8. The minimum Gasteiger partial charge on any atom is -0.497 e. The number of hydrogen-bond acceptors (Lipinski definition) is 6. The van der Waals surface area contributed by atoms with Crippen molar-refractivity contribution in [2.45, 2.75) is 55.0 Å². The average molecular weight is 586 g/mol. The van der Waals surface area contributed by atoms with Gasteiger partial charge in [0.25, 0.3) is 0 Å². The molecule has 0 unspecified atom stereocenters. The summed E-state index contributed by atoms with van der Waals surface area (Å²) >= 11 is 0. The monoisotopic (exact) mass is 585 g/mol. The van der Waals surface area contributed by atoms with Gasteiger partial charge in [0.1, 0.15) is 5.75 Å². The van der Waals surface area contributed by atoms with E-state index in [4.69, 9.17) is 4.74 Å². The molecule has 11 heteroatoms. The second-order valence-corrected chi connectivity index (χ2v) is 13.6. The molecule has 0 spiro atoms. The van der Waals surface area contributed by atoms with Gasteiger partial charge in [-0.1, -0.05) is 50.1 Å². The highest BCUT2D eigenvalue weighted by molar-refractivity contribution is 7.89. The first kappa shape index (κ1) is 29.7. The molecule has 1 aliphatic carbocycles. The Hall–Kier alpha value is -3.25. The van der Waals surface area contributed by atoms with Crippen molar-refractivity contribution in [2.75, 3.05) is 19.0 Å². The van der Waals surface area contributed by atoms with E-state index in [1.165, 1.54) is 31.4 Å². The van der Waals surface area contributed by atoms with E-state index in [0.29, 0.717) is 17.0 Å². The van der Waals surface area contributed by atoms with Crippen LogP contribution in [0.5, 0.6) is 5.75 Å². The fourth-order valence-corrected chi connectivity index (χ4v) is 7.50. The predicted molar refractivity (Wildman–Crippen MR) is 154 cm³/mol. The third-order valence-electron chi connectivity index (χ3n) is 7.09. The van der Waals surface area contributed by atoms with E-state index in [0.717, 1.165) is 30.0 Å². The van der Waals surface area contributed by atoms with Crippen LogP contribution in [-0.4, -0.2) is 46.7 Å². The van der Waals surface area contributed by atoms with Crippen molar-refractivity contribution in [3.8, 4) is 5.75 Å². The van der Waals surface area contributed by atoms with Crippen LogP contribution in [-0.2, 0) is 31.4 Å². The van der Waals surface area contributed by atoms with Gasteiger partial charge in [-0.25, -0.2) is 21.6 Å². The van der Waals surface area contributed by atoms with Gasteiger partial charge >= 0.3 is 0 Å². The molecule has 1 fully saturated rings. The fraction of sp³-hybridized carbons (Fsp3) is 0.345. The molecule has 0 saturated heterocycles. The Kier molecular flexibility index (Phi) is 9.62. The van der Waals surface area contributed by atoms with Crippen molar-refractivity contribution >= 4 is 31.6 Å². The fourth-order valence-electron chi connectivity index (χ4n) is 4.74. The maximum atomic E-state index is 13.7. The van der Waals surface area contributed by atoms with Crippen molar-refractivity contribution in [1.29, 1.82) is 0 Å². The van der Waals surface area contributed by atoms with Gasteiger partial charge in [0, 0.05) is 18.3 Å². The molecule has 0 bridgehead atoms. The van der Waals surface area contributed by atoms with Crippen LogP contribution in [0.3, 0.4) is 0 Å². The maximum Gasteiger partial charge on any atom is 0.243 e. The Balaban J connectivity index is 1.56. The highest BCUT2D eigenvalue weighted by Gasteiger charge is 2.29. The van der Waals surface area contributed by atoms with Gasteiger partial charge in [-0.15, -0.1) is 0 Å². The lowest BCUT2D eigenvalue weighted by Gasteiger charge is -2.29. The molecule has 2 atom stereocenters. The van der Waals surface area contributed by atoms with Crippen LogP contribution < -0.4 is 14.8 Å². The van der Waals surface area contributed by atoms with Crippen LogP contribution in [0.15, 0.2) is 88.7 Å². The number of para-hydroxylation sites is 1. The van der Waals surface area contributed by atoms with E-state index >= 15 is 0 Å². The molecule has 0 aliphatic heterocycles. The number of amides is 1. The lowest BCUT2D eigenvalue weighted by atomic mass is 9.87. The number of nitrogens with one attached hydrogen (secondary N) is 2. The van der Waals surface area contributed by atoms with Gasteiger partial charge < -0.3 is 10.1 Å². The molecule has 4 rings (SSSR count). The van der Waals surface area contributed by atoms with Crippen molar-refractivity contribution < 1.29 is 26.4 Å². The molecule has 0 aromatic heterocycles. The number of hydrogen-bond donors (Lipinski definition) is 2. The molecule has 3 aromatic carbocycles. The van der Waals surface area contributed by atoms with Crippen LogP contribution in [0.25, 0.3) is 0 Å². The van der Waals surface area contributed by atoms with Crippen LogP contribution in [0, 0.1) is 5.92 Å². The maximum absolute atomic E-state index is 13.7. The molecule has 214 valence electrons. The average Bonchev–Trinajstić information content (AvgIpc) is 2.95. The first-order valence-corrected chi connectivity index (χ1v) is 16.1. The molecule has 9 nitrogen and oxygen atoms in total. The highest BCUT2D eigenvalue weighted by atomic mass is 32.2. The minimum absolute atomic E-state index is 0.00671. The van der Waals surface area contributed by atoms with Crippen LogP contribution >= 0.6 is 0 Å². The summed E-state index contributed by atoms with van der Waals surface area (Å²) in [6.07, 6.45) is 3.80. The molecule has 1 amide bonds. The zero-order valence-corrected chi connectivity index (χ0v) is 24.2. The summed E-state index contributed by atoms with van der Waals surface area (Å²) in [4.78, 5) is 12.7. The number of anilines is 1. The van der Waals surface area contributed by atoms with E-state index in [9.17, 15) is 21.6 Å². The Labute approximate surface area is 236 Å². The third kappa shape index (κ3) is 7.48. The van der Waals surface area contributed by atoms with Crippen LogP contribution in [0.2, 0.25) is 0 Å². The summed E-state index contributed by atoms with van der Waals surface area (Å²) in [7, 11) is -6.46. The number of carbonyl (C=O) groups excluding carboxylic acids is 1. The van der Waals surface area contributed by atoms with Gasteiger partial charge in [-0.3, -0.25) is 4.79 Å². The topological polar surface area (TPSA) is 122 Å². The first-order chi connectivity index (χ1) is 19.1. The van der Waals surface area contributed by atoms with Crippen molar-refractivity contribution in [1.82, 2.24) is 9.03 Å². The second-order valence-electron chi connectivity index (χ2n) is 10.00. The molecule has 1 saturated carbocycles. The summed E-state index contributed by atoms with van der Waals surface area (Å²) in [5, 5.41) is 2.72. The Morgan fingerprint density at radius 1 is 0.875 bits per heavy atom. The van der Waals surface area contributed by atoms with E-state index in [1.807, 2.05) is 13.0 Å². The Morgan fingerprint density at radius 2 is 1.50 bits per heavy atom. The summed E-state index contributed by atoms with van der Waals surface area (Å²) in [6, 6.07) is 20.6. The van der Waals surface area contributed by atoms with Gasteiger partial charge in [0.15, 0.2) is 0 Å². The van der Waals surface area contributed by atoms with E-state index in [1.54, 1.807) is 48.5 Å². The number of rotatable bonds is 11. The molecular formula is C29H35N3O6S2. The van der Waals surface area contributed by atoms with E-state index in [-0.39, 0.29) is 28.3 Å². The summed E-state index contributed by atoms with van der Waals surface area (Å²) in [5.74, 6) is 0.345. The number of benzene rings is 3. The summed E-state index contributed by atoms with van der Waals surface area (Å²) in [6.45, 7) is 1.52. The smallest absolute Gasteiger partial charge is 0.243 e. The third-order valence-corrected chi connectivity index (χ3v) is 10.4. The molecule has 0 radical (unpaired) electrons. The Bertz CT molecular complexity index is 1490. The lowest BCUT2D eigenvalue weighted by Crippen LogP contribution is -2.41. The molecule has 0 heterocycles. The lowest BCUT2D eigenvalue weighted by molar-refractivity contribution is -0.116. The van der Waals surface area contributed by atoms with E-state index < -0.39 is 32.5 Å². The van der Waals surface area contributed by atoms with Crippen LogP contribution in [0.1, 0.15) is 38.2 Å². The Morgan fingerprint density at radius 3 is 2.12 bits per heavy atom. The van der Waals surface area contributed by atoms with Crippen molar-refractivity contribution in [3.05, 3.63) is 84.4 Å². The minimum atomic E-state index is -4.17. The number of nitrogens with zero attached hydrogens (tertiary/aromatic N) is 1. The number of sulfonamides is 2. The van der Waals surface area contributed by atoms with Crippen molar-refractivity contribution in [3.63, 3.8) is 0 Å². The van der Waals surface area contributed by atoms with Gasteiger partial charge in [-0.2, -0.15) is 4.31 Å². The largest absolute Gasteiger partial charge is 0.497 e. The number of ether oxygens (including phenoxy) is 1. The first-order valence-electron chi connectivity index (χ1n) is 13.2. The predicted octanol–water partition coefficient (Wildman–Crippen LogP) is 4.38. The summed E-state index contributed by atoms with van der Waals surface area (Å²) < 4.78 is 62.5. The summed E-state index contributed by atoms with van der Waals surface area (Å²) in [5.41, 5.74) is 1.20.